The Hall–Kier alpha value is -2.04. The summed E-state index contributed by atoms with van der Waals surface area (Å²) in [5.41, 5.74) is 7.56. The molecule has 2 aromatic rings. The van der Waals surface area contributed by atoms with Crippen molar-refractivity contribution < 1.29 is 9.53 Å². The largest absolute Gasteiger partial charge is 0.494 e. The number of carbonyl (C=O) groups is 1. The second kappa shape index (κ2) is 10.7. The van der Waals surface area contributed by atoms with E-state index in [4.69, 9.17) is 10.5 Å². The standard InChI is InChI=1S/C19H24N2O2.ClH/c1-2-23-17-12-10-16(11-13-17)19(15-7-4-3-5-8-15)21-18(22)9-6-14-20;/h3-5,7-8,10-13,19H,2,6,9,14,20H2,1H3,(H,21,22);1H. The average Bonchev–Trinajstić information content (AvgIpc) is 2.60. The number of ether oxygens (including phenoxy) is 1. The molecule has 0 heterocycles. The van der Waals surface area contributed by atoms with Gasteiger partial charge in [-0.3, -0.25) is 4.79 Å². The van der Waals surface area contributed by atoms with E-state index >= 15 is 0 Å². The molecular weight excluding hydrogens is 324 g/mol. The van der Waals surface area contributed by atoms with Gasteiger partial charge in [-0.2, -0.15) is 0 Å². The van der Waals surface area contributed by atoms with Gasteiger partial charge in [0.05, 0.1) is 12.6 Å². The van der Waals surface area contributed by atoms with Crippen LogP contribution in [0.2, 0.25) is 0 Å². The number of hydrogen-bond acceptors (Lipinski definition) is 3. The van der Waals surface area contributed by atoms with Crippen LogP contribution in [0.4, 0.5) is 0 Å². The van der Waals surface area contributed by atoms with Crippen LogP contribution in [-0.2, 0) is 4.79 Å². The number of hydrogen-bond donors (Lipinski definition) is 2. The van der Waals surface area contributed by atoms with Crippen molar-refractivity contribution in [3.8, 4) is 5.75 Å². The second-order valence-electron chi connectivity index (χ2n) is 5.31. The molecule has 24 heavy (non-hydrogen) atoms. The molecule has 0 fully saturated rings. The summed E-state index contributed by atoms with van der Waals surface area (Å²) in [7, 11) is 0. The zero-order valence-corrected chi connectivity index (χ0v) is 14.7. The van der Waals surface area contributed by atoms with Crippen molar-refractivity contribution in [1.82, 2.24) is 5.32 Å². The fourth-order valence-corrected chi connectivity index (χ4v) is 2.42. The van der Waals surface area contributed by atoms with Gasteiger partial charge in [-0.1, -0.05) is 42.5 Å². The van der Waals surface area contributed by atoms with E-state index in [1.54, 1.807) is 0 Å². The van der Waals surface area contributed by atoms with E-state index in [2.05, 4.69) is 5.32 Å². The summed E-state index contributed by atoms with van der Waals surface area (Å²) in [5.74, 6) is 0.843. The number of rotatable bonds is 8. The van der Waals surface area contributed by atoms with Crippen molar-refractivity contribution in [2.45, 2.75) is 25.8 Å². The van der Waals surface area contributed by atoms with Gasteiger partial charge in [-0.05, 0) is 43.1 Å². The Morgan fingerprint density at radius 2 is 1.71 bits per heavy atom. The summed E-state index contributed by atoms with van der Waals surface area (Å²) in [5, 5.41) is 3.10. The second-order valence-corrected chi connectivity index (χ2v) is 5.31. The van der Waals surface area contributed by atoms with Crippen LogP contribution in [0, 0.1) is 0 Å². The molecule has 4 nitrogen and oxygen atoms in total. The van der Waals surface area contributed by atoms with Crippen LogP contribution >= 0.6 is 12.4 Å². The molecule has 0 saturated carbocycles. The number of amides is 1. The molecule has 3 N–H and O–H groups in total. The summed E-state index contributed by atoms with van der Waals surface area (Å²) in [6.07, 6.45) is 1.13. The van der Waals surface area contributed by atoms with Crippen LogP contribution in [-0.4, -0.2) is 19.1 Å². The van der Waals surface area contributed by atoms with Gasteiger partial charge in [0, 0.05) is 6.42 Å². The highest BCUT2D eigenvalue weighted by Gasteiger charge is 2.16. The van der Waals surface area contributed by atoms with Crippen molar-refractivity contribution in [3.63, 3.8) is 0 Å². The SMILES string of the molecule is CCOc1ccc(C(NC(=O)CCCN)c2ccccc2)cc1.Cl. The highest BCUT2D eigenvalue weighted by atomic mass is 35.5. The van der Waals surface area contributed by atoms with Crippen molar-refractivity contribution in [3.05, 3.63) is 65.7 Å². The van der Waals surface area contributed by atoms with Crippen LogP contribution in [0.15, 0.2) is 54.6 Å². The molecule has 0 aliphatic rings. The lowest BCUT2D eigenvalue weighted by atomic mass is 9.98. The molecule has 0 spiro atoms. The van der Waals surface area contributed by atoms with Crippen LogP contribution in [0.25, 0.3) is 0 Å². The Morgan fingerprint density at radius 3 is 2.29 bits per heavy atom. The molecule has 2 rings (SSSR count). The Labute approximate surface area is 149 Å². The number of carbonyl (C=O) groups excluding carboxylic acids is 1. The first kappa shape index (κ1) is 20.0. The molecule has 0 saturated heterocycles. The predicted molar refractivity (Wildman–Crippen MR) is 99.6 cm³/mol. The van der Waals surface area contributed by atoms with Crippen molar-refractivity contribution in [1.29, 1.82) is 0 Å². The molecule has 130 valence electrons. The van der Waals surface area contributed by atoms with E-state index in [1.165, 1.54) is 0 Å². The number of halogens is 1. The molecule has 1 amide bonds. The Kier molecular flexibility index (Phi) is 8.90. The van der Waals surface area contributed by atoms with Crippen molar-refractivity contribution >= 4 is 18.3 Å². The Morgan fingerprint density at radius 1 is 1.08 bits per heavy atom. The molecule has 1 atom stereocenters. The minimum Gasteiger partial charge on any atom is -0.494 e. The fourth-order valence-electron chi connectivity index (χ4n) is 2.42. The van der Waals surface area contributed by atoms with Gasteiger partial charge in [0.15, 0.2) is 0 Å². The molecule has 0 radical (unpaired) electrons. The van der Waals surface area contributed by atoms with Crippen molar-refractivity contribution in [2.24, 2.45) is 5.73 Å². The third-order valence-corrected chi connectivity index (χ3v) is 3.57. The molecule has 1 unspecified atom stereocenters. The maximum atomic E-state index is 12.1. The monoisotopic (exact) mass is 348 g/mol. The number of nitrogens with two attached hydrogens (primary N) is 1. The van der Waals surface area contributed by atoms with E-state index in [-0.39, 0.29) is 24.4 Å². The Balaban J connectivity index is 0.00000288. The average molecular weight is 349 g/mol. The number of nitrogens with one attached hydrogen (secondary N) is 1. The molecule has 0 bridgehead atoms. The third-order valence-electron chi connectivity index (χ3n) is 3.57. The van der Waals surface area contributed by atoms with E-state index in [0.717, 1.165) is 16.9 Å². The molecule has 2 aromatic carbocycles. The maximum Gasteiger partial charge on any atom is 0.220 e. The smallest absolute Gasteiger partial charge is 0.220 e. The van der Waals surface area contributed by atoms with Crippen LogP contribution < -0.4 is 15.8 Å². The fraction of sp³-hybridized carbons (Fsp3) is 0.316. The third kappa shape index (κ3) is 5.87. The first-order valence-electron chi connectivity index (χ1n) is 8.01. The van der Waals surface area contributed by atoms with E-state index < -0.39 is 0 Å². The summed E-state index contributed by atoms with van der Waals surface area (Å²) >= 11 is 0. The van der Waals surface area contributed by atoms with E-state index in [1.807, 2.05) is 61.5 Å². The molecule has 0 aliphatic heterocycles. The lowest BCUT2D eigenvalue weighted by Gasteiger charge is -2.20. The first-order valence-corrected chi connectivity index (χ1v) is 8.01. The maximum absolute atomic E-state index is 12.1. The first-order chi connectivity index (χ1) is 11.2. The van der Waals surface area contributed by atoms with Crippen LogP contribution in [0.5, 0.6) is 5.75 Å². The summed E-state index contributed by atoms with van der Waals surface area (Å²) in [6, 6.07) is 17.6. The summed E-state index contributed by atoms with van der Waals surface area (Å²) in [4.78, 5) is 12.1. The van der Waals surface area contributed by atoms with Crippen molar-refractivity contribution in [2.75, 3.05) is 13.2 Å². The molecular formula is C19H25ClN2O2. The highest BCUT2D eigenvalue weighted by molar-refractivity contribution is 5.85. The zero-order valence-electron chi connectivity index (χ0n) is 13.9. The summed E-state index contributed by atoms with van der Waals surface area (Å²) in [6.45, 7) is 3.11. The van der Waals surface area contributed by atoms with Gasteiger partial charge in [0.1, 0.15) is 5.75 Å². The van der Waals surface area contributed by atoms with Gasteiger partial charge in [0.2, 0.25) is 5.91 Å². The molecule has 5 heteroatoms. The number of benzene rings is 2. The van der Waals surface area contributed by atoms with Crippen LogP contribution in [0.3, 0.4) is 0 Å². The predicted octanol–water partition coefficient (Wildman–Crippen LogP) is 3.45. The minimum absolute atomic E-state index is 0. The van der Waals surface area contributed by atoms with E-state index in [0.29, 0.717) is 26.0 Å². The molecule has 0 aromatic heterocycles. The van der Waals surface area contributed by atoms with Gasteiger partial charge in [0.25, 0.3) is 0 Å². The lowest BCUT2D eigenvalue weighted by molar-refractivity contribution is -0.121. The Bertz CT molecular complexity index is 603. The van der Waals surface area contributed by atoms with Gasteiger partial charge >= 0.3 is 0 Å². The van der Waals surface area contributed by atoms with E-state index in [9.17, 15) is 4.79 Å². The topological polar surface area (TPSA) is 64.3 Å². The van der Waals surface area contributed by atoms with Gasteiger partial charge in [-0.25, -0.2) is 0 Å². The highest BCUT2D eigenvalue weighted by Crippen LogP contribution is 2.24. The molecule has 0 aliphatic carbocycles. The normalized spacial score (nSPS) is 11.2. The quantitative estimate of drug-likeness (QED) is 0.768. The minimum atomic E-state index is -0.169. The lowest BCUT2D eigenvalue weighted by Crippen LogP contribution is -2.29. The summed E-state index contributed by atoms with van der Waals surface area (Å²) < 4.78 is 5.48. The van der Waals surface area contributed by atoms with Gasteiger partial charge in [-0.15, -0.1) is 12.4 Å². The zero-order chi connectivity index (χ0) is 16.5. The van der Waals surface area contributed by atoms with Crippen LogP contribution in [0.1, 0.15) is 36.9 Å². The van der Waals surface area contributed by atoms with Gasteiger partial charge < -0.3 is 15.8 Å².